The van der Waals surface area contributed by atoms with Crippen molar-refractivity contribution in [2.24, 2.45) is 0 Å². The van der Waals surface area contributed by atoms with E-state index in [1.165, 1.54) is 11.0 Å². The minimum atomic E-state index is -1.31. The minimum absolute atomic E-state index is 0.101. The fourth-order valence-electron chi connectivity index (χ4n) is 1.45. The number of nitrogens with one attached hydrogen (secondary N) is 1. The SMILES string of the molecule is CCN(CC)C(=O)c1ccc(C(=O)O)c(=O)[nH]1. The predicted molar refractivity (Wildman–Crippen MR) is 61.3 cm³/mol. The summed E-state index contributed by atoms with van der Waals surface area (Å²) in [6.45, 7) is 4.70. The molecule has 17 heavy (non-hydrogen) atoms. The number of nitrogens with zero attached hydrogens (tertiary/aromatic N) is 1. The van der Waals surface area contributed by atoms with Crippen LogP contribution in [0.15, 0.2) is 16.9 Å². The molecule has 1 heterocycles. The van der Waals surface area contributed by atoms with Crippen molar-refractivity contribution >= 4 is 11.9 Å². The second kappa shape index (κ2) is 5.29. The van der Waals surface area contributed by atoms with Gasteiger partial charge in [-0.2, -0.15) is 0 Å². The zero-order chi connectivity index (χ0) is 13.0. The molecule has 1 aromatic rings. The standard InChI is InChI=1S/C11H14N2O4/c1-3-13(4-2)10(15)8-6-5-7(11(16)17)9(14)12-8/h5-6H,3-4H2,1-2H3,(H,12,14)(H,16,17). The lowest BCUT2D eigenvalue weighted by Gasteiger charge is -2.18. The topological polar surface area (TPSA) is 90.5 Å². The van der Waals surface area contributed by atoms with Gasteiger partial charge in [-0.15, -0.1) is 0 Å². The van der Waals surface area contributed by atoms with E-state index in [-0.39, 0.29) is 17.2 Å². The number of aromatic amines is 1. The highest BCUT2D eigenvalue weighted by Crippen LogP contribution is 2.01. The summed E-state index contributed by atoms with van der Waals surface area (Å²) >= 11 is 0. The summed E-state index contributed by atoms with van der Waals surface area (Å²) in [5.74, 6) is -1.63. The molecular weight excluding hydrogens is 224 g/mol. The number of hydrogen-bond donors (Lipinski definition) is 2. The van der Waals surface area contributed by atoms with Crippen molar-refractivity contribution in [3.8, 4) is 0 Å². The third-order valence-electron chi connectivity index (χ3n) is 2.42. The molecule has 0 unspecified atom stereocenters. The molecule has 0 aromatic carbocycles. The number of aromatic nitrogens is 1. The number of aromatic carboxylic acids is 1. The zero-order valence-corrected chi connectivity index (χ0v) is 9.69. The van der Waals surface area contributed by atoms with Crippen LogP contribution in [-0.4, -0.2) is 40.0 Å². The monoisotopic (exact) mass is 238 g/mol. The van der Waals surface area contributed by atoms with E-state index < -0.39 is 11.5 Å². The summed E-state index contributed by atoms with van der Waals surface area (Å²) in [6, 6.07) is 2.45. The Kier molecular flexibility index (Phi) is 4.03. The molecule has 0 radical (unpaired) electrons. The predicted octanol–water partition coefficient (Wildman–Crippen LogP) is 0.555. The number of carbonyl (C=O) groups excluding carboxylic acids is 1. The summed E-state index contributed by atoms with van der Waals surface area (Å²) in [6.07, 6.45) is 0. The lowest BCUT2D eigenvalue weighted by molar-refractivity contribution is 0.0691. The van der Waals surface area contributed by atoms with Gasteiger partial charge < -0.3 is 15.0 Å². The number of amides is 1. The normalized spacial score (nSPS) is 10.0. The first-order chi connectivity index (χ1) is 8.01. The van der Waals surface area contributed by atoms with Crippen LogP contribution in [0.4, 0.5) is 0 Å². The maximum atomic E-state index is 11.8. The highest BCUT2D eigenvalue weighted by molar-refractivity contribution is 5.93. The highest BCUT2D eigenvalue weighted by atomic mass is 16.4. The Hall–Kier alpha value is -2.11. The zero-order valence-electron chi connectivity index (χ0n) is 9.69. The van der Waals surface area contributed by atoms with Gasteiger partial charge in [0.15, 0.2) is 0 Å². The molecule has 0 atom stereocenters. The lowest BCUT2D eigenvalue weighted by atomic mass is 10.2. The second-order valence-electron chi connectivity index (χ2n) is 3.40. The molecule has 2 N–H and O–H groups in total. The molecule has 1 amide bonds. The van der Waals surface area contributed by atoms with Crippen molar-refractivity contribution in [2.75, 3.05) is 13.1 Å². The molecule has 0 spiro atoms. The fourth-order valence-corrected chi connectivity index (χ4v) is 1.45. The molecule has 0 saturated carbocycles. The van der Waals surface area contributed by atoms with Crippen LogP contribution in [0.3, 0.4) is 0 Å². The van der Waals surface area contributed by atoms with Gasteiger partial charge in [0.2, 0.25) is 0 Å². The van der Waals surface area contributed by atoms with E-state index in [1.54, 1.807) is 0 Å². The first kappa shape index (κ1) is 13.0. The maximum absolute atomic E-state index is 11.8. The molecule has 1 aromatic heterocycles. The van der Waals surface area contributed by atoms with Gasteiger partial charge in [-0.1, -0.05) is 0 Å². The van der Waals surface area contributed by atoms with Crippen LogP contribution in [0.2, 0.25) is 0 Å². The Morgan fingerprint density at radius 3 is 2.29 bits per heavy atom. The van der Waals surface area contributed by atoms with Gasteiger partial charge in [-0.25, -0.2) is 4.79 Å². The van der Waals surface area contributed by atoms with Crippen molar-refractivity contribution in [2.45, 2.75) is 13.8 Å². The van der Waals surface area contributed by atoms with Crippen LogP contribution in [0, 0.1) is 0 Å². The first-order valence-electron chi connectivity index (χ1n) is 5.27. The number of pyridine rings is 1. The molecular formula is C11H14N2O4. The molecule has 0 aliphatic heterocycles. The van der Waals surface area contributed by atoms with Crippen LogP contribution in [-0.2, 0) is 0 Å². The van der Waals surface area contributed by atoms with E-state index in [0.717, 1.165) is 6.07 Å². The third kappa shape index (κ3) is 2.72. The number of carbonyl (C=O) groups is 2. The summed E-state index contributed by atoms with van der Waals surface area (Å²) in [5, 5.41) is 8.68. The van der Waals surface area contributed by atoms with Gasteiger partial charge >= 0.3 is 5.97 Å². The molecule has 0 fully saturated rings. The first-order valence-corrected chi connectivity index (χ1v) is 5.27. The van der Waals surface area contributed by atoms with E-state index in [4.69, 9.17) is 5.11 Å². The van der Waals surface area contributed by atoms with Crippen molar-refractivity contribution in [1.29, 1.82) is 0 Å². The summed E-state index contributed by atoms with van der Waals surface area (Å²) < 4.78 is 0. The smallest absolute Gasteiger partial charge is 0.341 e. The third-order valence-corrected chi connectivity index (χ3v) is 2.42. The van der Waals surface area contributed by atoms with Crippen LogP contribution >= 0.6 is 0 Å². The van der Waals surface area contributed by atoms with E-state index in [0.29, 0.717) is 13.1 Å². The van der Waals surface area contributed by atoms with Gasteiger partial charge in [0, 0.05) is 13.1 Å². The van der Waals surface area contributed by atoms with Gasteiger partial charge in [-0.3, -0.25) is 9.59 Å². The van der Waals surface area contributed by atoms with E-state index >= 15 is 0 Å². The van der Waals surface area contributed by atoms with Crippen LogP contribution in [0.25, 0.3) is 0 Å². The van der Waals surface area contributed by atoms with Crippen molar-refractivity contribution in [1.82, 2.24) is 9.88 Å². The Labute approximate surface area is 97.9 Å². The van der Waals surface area contributed by atoms with E-state index in [9.17, 15) is 14.4 Å². The average Bonchev–Trinajstić information content (AvgIpc) is 2.29. The van der Waals surface area contributed by atoms with Crippen molar-refractivity contribution in [3.63, 3.8) is 0 Å². The second-order valence-corrected chi connectivity index (χ2v) is 3.40. The number of hydrogen-bond acceptors (Lipinski definition) is 3. The molecule has 0 aliphatic rings. The molecule has 92 valence electrons. The maximum Gasteiger partial charge on any atom is 0.341 e. The van der Waals surface area contributed by atoms with Gasteiger partial charge in [0.25, 0.3) is 11.5 Å². The van der Waals surface area contributed by atoms with Crippen LogP contribution in [0.5, 0.6) is 0 Å². The van der Waals surface area contributed by atoms with Gasteiger partial charge in [0.1, 0.15) is 11.3 Å². The fraction of sp³-hybridized carbons (Fsp3) is 0.364. The Balaban J connectivity index is 3.10. The molecule has 6 heteroatoms. The van der Waals surface area contributed by atoms with Crippen molar-refractivity contribution < 1.29 is 14.7 Å². The van der Waals surface area contributed by atoms with Gasteiger partial charge in [-0.05, 0) is 26.0 Å². The van der Waals surface area contributed by atoms with Crippen molar-refractivity contribution in [3.05, 3.63) is 33.7 Å². The quantitative estimate of drug-likeness (QED) is 0.801. The van der Waals surface area contributed by atoms with Crippen LogP contribution in [0.1, 0.15) is 34.7 Å². The Morgan fingerprint density at radius 1 is 1.29 bits per heavy atom. The Morgan fingerprint density at radius 2 is 1.88 bits per heavy atom. The molecule has 0 aliphatic carbocycles. The molecule has 6 nitrogen and oxygen atoms in total. The number of carboxylic acid groups (broad SMARTS) is 1. The largest absolute Gasteiger partial charge is 0.477 e. The average molecular weight is 238 g/mol. The minimum Gasteiger partial charge on any atom is -0.477 e. The Bertz CT molecular complexity index is 488. The molecule has 0 bridgehead atoms. The van der Waals surface area contributed by atoms with Gasteiger partial charge in [0.05, 0.1) is 0 Å². The van der Waals surface area contributed by atoms with Crippen LogP contribution < -0.4 is 5.56 Å². The van der Waals surface area contributed by atoms with E-state index in [1.807, 2.05) is 13.8 Å². The summed E-state index contributed by atoms with van der Waals surface area (Å²) in [5.41, 5.74) is -1.04. The number of rotatable bonds is 4. The highest BCUT2D eigenvalue weighted by Gasteiger charge is 2.15. The lowest BCUT2D eigenvalue weighted by Crippen LogP contribution is -2.33. The number of carboxylic acids is 1. The molecule has 1 rings (SSSR count). The van der Waals surface area contributed by atoms with E-state index in [2.05, 4.69) is 4.98 Å². The number of H-pyrrole nitrogens is 1. The summed E-state index contributed by atoms with van der Waals surface area (Å²) in [4.78, 5) is 37.7. The summed E-state index contributed by atoms with van der Waals surface area (Å²) in [7, 11) is 0. The molecule has 0 saturated heterocycles.